The lowest BCUT2D eigenvalue weighted by Crippen LogP contribution is -2.60. The molecular weight excluding hydrogens is 314 g/mol. The van der Waals surface area contributed by atoms with E-state index in [4.69, 9.17) is 0 Å². The van der Waals surface area contributed by atoms with Crippen molar-refractivity contribution >= 4 is 15.9 Å². The average molecular weight is 339 g/mol. The van der Waals surface area contributed by atoms with Crippen molar-refractivity contribution < 1.29 is 13.2 Å². The fourth-order valence-electron chi connectivity index (χ4n) is 2.75. The van der Waals surface area contributed by atoms with Crippen LogP contribution >= 0.6 is 0 Å². The molecule has 0 aliphatic carbocycles. The predicted octanol–water partition coefficient (Wildman–Crippen LogP) is 0.657. The maximum absolute atomic E-state index is 12.4. The minimum Gasteiger partial charge on any atom is -0.358 e. The molecule has 6 nitrogen and oxygen atoms in total. The fourth-order valence-corrected chi connectivity index (χ4v) is 4.03. The number of sulfonamides is 1. The van der Waals surface area contributed by atoms with Gasteiger partial charge in [0.25, 0.3) is 0 Å². The van der Waals surface area contributed by atoms with Crippen LogP contribution in [0, 0.1) is 0 Å². The fraction of sp³-hybridized carbons (Fsp3) is 0.562. The van der Waals surface area contributed by atoms with Crippen molar-refractivity contribution in [2.24, 2.45) is 0 Å². The number of hydrogen-bond acceptors (Lipinski definition) is 4. The summed E-state index contributed by atoms with van der Waals surface area (Å²) in [5.74, 6) is -0.149. The van der Waals surface area contributed by atoms with Gasteiger partial charge < -0.3 is 5.32 Å². The molecule has 23 heavy (non-hydrogen) atoms. The molecule has 128 valence electrons. The van der Waals surface area contributed by atoms with E-state index in [0.29, 0.717) is 19.6 Å². The summed E-state index contributed by atoms with van der Waals surface area (Å²) in [5.41, 5.74) is 1.11. The highest BCUT2D eigenvalue weighted by molar-refractivity contribution is 7.89. The minimum atomic E-state index is -3.34. The van der Waals surface area contributed by atoms with E-state index in [1.807, 2.05) is 35.2 Å². The first-order chi connectivity index (χ1) is 10.9. The Bertz CT molecular complexity index is 631. The van der Waals surface area contributed by atoms with Crippen molar-refractivity contribution in [3.63, 3.8) is 0 Å². The van der Waals surface area contributed by atoms with Crippen LogP contribution < -0.4 is 5.32 Å². The third-order valence-electron chi connectivity index (χ3n) is 4.19. The van der Waals surface area contributed by atoms with Crippen LogP contribution in [0.1, 0.15) is 19.4 Å². The molecule has 1 aliphatic heterocycles. The first-order valence-electron chi connectivity index (χ1n) is 7.84. The Labute approximate surface area is 138 Å². The lowest BCUT2D eigenvalue weighted by molar-refractivity contribution is -0.127. The number of nitrogens with zero attached hydrogens (tertiary/aromatic N) is 2. The Hall–Kier alpha value is -1.44. The van der Waals surface area contributed by atoms with Crippen molar-refractivity contribution in [2.45, 2.75) is 31.7 Å². The number of rotatable bonds is 5. The molecule has 0 radical (unpaired) electrons. The highest BCUT2D eigenvalue weighted by atomic mass is 32.2. The molecule has 1 heterocycles. The van der Waals surface area contributed by atoms with E-state index < -0.39 is 21.3 Å². The van der Waals surface area contributed by atoms with Crippen molar-refractivity contribution in [3.05, 3.63) is 35.9 Å². The van der Waals surface area contributed by atoms with Gasteiger partial charge in [-0.05, 0) is 19.4 Å². The number of carbonyl (C=O) groups excluding carboxylic acids is 1. The average Bonchev–Trinajstić information content (AvgIpc) is 2.55. The maximum atomic E-state index is 12.4. The summed E-state index contributed by atoms with van der Waals surface area (Å²) < 4.78 is 26.2. The van der Waals surface area contributed by atoms with Crippen molar-refractivity contribution in [1.82, 2.24) is 14.5 Å². The zero-order chi connectivity index (χ0) is 17.0. The van der Waals surface area contributed by atoms with Crippen molar-refractivity contribution in [1.29, 1.82) is 0 Å². The largest absolute Gasteiger partial charge is 0.358 e. The summed E-state index contributed by atoms with van der Waals surface area (Å²) in [6.45, 7) is 5.13. The van der Waals surface area contributed by atoms with Gasteiger partial charge >= 0.3 is 0 Å². The van der Waals surface area contributed by atoms with Gasteiger partial charge in [-0.15, -0.1) is 0 Å². The lowest BCUT2D eigenvalue weighted by Gasteiger charge is -2.40. The first kappa shape index (κ1) is 17.9. The molecule has 1 aliphatic rings. The lowest BCUT2D eigenvalue weighted by atomic mass is 10.1. The molecule has 0 aromatic heterocycles. The molecule has 1 atom stereocenters. The molecule has 1 unspecified atom stereocenters. The Kier molecular flexibility index (Phi) is 5.78. The van der Waals surface area contributed by atoms with E-state index >= 15 is 0 Å². The normalized spacial score (nSPS) is 20.6. The van der Waals surface area contributed by atoms with Crippen LogP contribution in [0.15, 0.2) is 30.3 Å². The number of piperazine rings is 1. The Morgan fingerprint density at radius 1 is 1.26 bits per heavy atom. The molecule has 0 bridgehead atoms. The predicted molar refractivity (Wildman–Crippen MR) is 90.3 cm³/mol. The first-order valence-corrected chi connectivity index (χ1v) is 9.35. The quantitative estimate of drug-likeness (QED) is 0.855. The van der Waals surface area contributed by atoms with Crippen LogP contribution in [-0.4, -0.2) is 61.5 Å². The van der Waals surface area contributed by atoms with E-state index in [1.165, 1.54) is 4.31 Å². The van der Waals surface area contributed by atoms with E-state index in [1.54, 1.807) is 20.9 Å². The topological polar surface area (TPSA) is 69.7 Å². The molecule has 7 heteroatoms. The molecule has 0 saturated carbocycles. The van der Waals surface area contributed by atoms with E-state index in [-0.39, 0.29) is 12.5 Å². The SMILES string of the molecule is CNC(=O)C1CN(S(=O)(=O)C(C)C)CCN1Cc1ccccc1. The Morgan fingerprint density at radius 2 is 1.91 bits per heavy atom. The number of carbonyl (C=O) groups is 1. The van der Waals surface area contributed by atoms with Gasteiger partial charge in [-0.1, -0.05) is 30.3 Å². The second kappa shape index (κ2) is 7.42. The van der Waals surface area contributed by atoms with Crippen LogP contribution in [0.3, 0.4) is 0 Å². The standard InChI is InChI=1S/C16H25N3O3S/c1-13(2)23(21,22)19-10-9-18(15(12-19)16(20)17-3)11-14-7-5-4-6-8-14/h4-8,13,15H,9-12H2,1-3H3,(H,17,20). The van der Waals surface area contributed by atoms with Crippen LogP contribution in [0.25, 0.3) is 0 Å². The summed E-state index contributed by atoms with van der Waals surface area (Å²) in [7, 11) is -1.76. The number of amides is 1. The summed E-state index contributed by atoms with van der Waals surface area (Å²) >= 11 is 0. The van der Waals surface area contributed by atoms with Gasteiger partial charge in [-0.3, -0.25) is 9.69 Å². The van der Waals surface area contributed by atoms with Crippen LogP contribution in [0.5, 0.6) is 0 Å². The van der Waals surface area contributed by atoms with Crippen LogP contribution in [0.2, 0.25) is 0 Å². The van der Waals surface area contributed by atoms with Crippen LogP contribution in [0.4, 0.5) is 0 Å². The van der Waals surface area contributed by atoms with E-state index in [2.05, 4.69) is 5.32 Å². The Morgan fingerprint density at radius 3 is 2.48 bits per heavy atom. The second-order valence-electron chi connectivity index (χ2n) is 6.04. The smallest absolute Gasteiger partial charge is 0.238 e. The van der Waals surface area contributed by atoms with Gasteiger partial charge in [0.15, 0.2) is 0 Å². The molecule has 1 N–H and O–H groups in total. The monoisotopic (exact) mass is 339 g/mol. The number of benzene rings is 1. The molecule has 1 aromatic carbocycles. The maximum Gasteiger partial charge on any atom is 0.238 e. The van der Waals surface area contributed by atoms with Crippen molar-refractivity contribution in [2.75, 3.05) is 26.7 Å². The molecule has 1 aromatic rings. The summed E-state index contributed by atoms with van der Waals surface area (Å²) in [6, 6.07) is 9.43. The molecule has 1 saturated heterocycles. The zero-order valence-corrected chi connectivity index (χ0v) is 14.7. The van der Waals surface area contributed by atoms with E-state index in [0.717, 1.165) is 5.56 Å². The molecular formula is C16H25N3O3S. The number of nitrogens with one attached hydrogen (secondary N) is 1. The molecule has 2 rings (SSSR count). The summed E-state index contributed by atoms with van der Waals surface area (Å²) in [5, 5.41) is 2.17. The third kappa shape index (κ3) is 4.10. The van der Waals surface area contributed by atoms with Gasteiger partial charge in [0.2, 0.25) is 15.9 Å². The third-order valence-corrected chi connectivity index (χ3v) is 6.43. The minimum absolute atomic E-state index is 0.149. The highest BCUT2D eigenvalue weighted by Crippen LogP contribution is 2.19. The second-order valence-corrected chi connectivity index (χ2v) is 8.53. The van der Waals surface area contributed by atoms with Gasteiger partial charge in [0.1, 0.15) is 6.04 Å². The van der Waals surface area contributed by atoms with Gasteiger partial charge in [-0.25, -0.2) is 8.42 Å². The molecule has 1 amide bonds. The van der Waals surface area contributed by atoms with Gasteiger partial charge in [0, 0.05) is 33.2 Å². The highest BCUT2D eigenvalue weighted by Gasteiger charge is 2.37. The molecule has 1 fully saturated rings. The number of hydrogen-bond donors (Lipinski definition) is 1. The zero-order valence-electron chi connectivity index (χ0n) is 13.9. The van der Waals surface area contributed by atoms with Gasteiger partial charge in [-0.2, -0.15) is 4.31 Å². The summed E-state index contributed by atoms with van der Waals surface area (Å²) in [6.07, 6.45) is 0. The van der Waals surface area contributed by atoms with Crippen LogP contribution in [-0.2, 0) is 21.4 Å². The van der Waals surface area contributed by atoms with E-state index in [9.17, 15) is 13.2 Å². The molecule has 0 spiro atoms. The van der Waals surface area contributed by atoms with Crippen molar-refractivity contribution in [3.8, 4) is 0 Å². The Balaban J connectivity index is 2.17. The van der Waals surface area contributed by atoms with Gasteiger partial charge in [0.05, 0.1) is 5.25 Å². The summed E-state index contributed by atoms with van der Waals surface area (Å²) in [4.78, 5) is 14.3. The number of likely N-dealkylation sites (N-methyl/N-ethyl adjacent to an activating group) is 1.